The summed E-state index contributed by atoms with van der Waals surface area (Å²) in [6, 6.07) is 17.2. The Balaban J connectivity index is 1.57. The summed E-state index contributed by atoms with van der Waals surface area (Å²) in [5.74, 6) is 0.114. The molecule has 1 saturated heterocycles. The van der Waals surface area contributed by atoms with E-state index in [1.165, 1.54) is 0 Å². The minimum Gasteiger partial charge on any atom is -0.377 e. The average Bonchev–Trinajstić information content (AvgIpc) is 2.69. The molecule has 2 aromatic carbocycles. The van der Waals surface area contributed by atoms with Gasteiger partial charge in [0.05, 0.1) is 19.3 Å². The summed E-state index contributed by atoms with van der Waals surface area (Å²) in [4.78, 5) is 26.8. The first-order chi connectivity index (χ1) is 13.0. The molecule has 2 unspecified atom stereocenters. The molecule has 1 aliphatic rings. The maximum atomic E-state index is 12.6. The van der Waals surface area contributed by atoms with Crippen LogP contribution in [0.4, 0.5) is 5.69 Å². The number of anilines is 1. The Labute approximate surface area is 160 Å². The molecule has 1 aliphatic heterocycles. The van der Waals surface area contributed by atoms with Gasteiger partial charge in [-0.05, 0) is 42.7 Å². The van der Waals surface area contributed by atoms with E-state index in [9.17, 15) is 9.59 Å². The lowest BCUT2D eigenvalue weighted by Gasteiger charge is -2.33. The summed E-state index contributed by atoms with van der Waals surface area (Å²) in [6.07, 6.45) is 0.413. The number of rotatable bonds is 5. The lowest BCUT2D eigenvalue weighted by molar-refractivity contribution is -0.116. The molecule has 1 heterocycles. The summed E-state index contributed by atoms with van der Waals surface area (Å²) in [5, 5.41) is 2.91. The van der Waals surface area contributed by atoms with Gasteiger partial charge >= 0.3 is 0 Å². The molecule has 0 aliphatic carbocycles. The summed E-state index contributed by atoms with van der Waals surface area (Å²) < 4.78 is 5.38. The maximum Gasteiger partial charge on any atom is 0.254 e. The van der Waals surface area contributed by atoms with Crippen molar-refractivity contribution in [3.05, 3.63) is 65.7 Å². The predicted molar refractivity (Wildman–Crippen MR) is 106 cm³/mol. The molecule has 1 N–H and O–H groups in total. The maximum absolute atomic E-state index is 12.6. The monoisotopic (exact) mass is 366 g/mol. The number of ether oxygens (including phenoxy) is 1. The number of amides is 2. The Kier molecular flexibility index (Phi) is 6.24. The number of nitrogens with zero attached hydrogens (tertiary/aromatic N) is 1. The van der Waals surface area contributed by atoms with E-state index in [2.05, 4.69) is 5.32 Å². The normalized spacial score (nSPS) is 18.0. The van der Waals surface area contributed by atoms with Crippen LogP contribution in [0.2, 0.25) is 0 Å². The molecule has 5 heteroatoms. The third-order valence-electron chi connectivity index (χ3n) is 4.90. The molecular weight excluding hydrogens is 340 g/mol. The van der Waals surface area contributed by atoms with Gasteiger partial charge in [0, 0.05) is 24.2 Å². The molecule has 1 fully saturated rings. The smallest absolute Gasteiger partial charge is 0.254 e. The quantitative estimate of drug-likeness (QED) is 0.878. The lowest BCUT2D eigenvalue weighted by atomic mass is 9.97. The first-order valence-corrected chi connectivity index (χ1v) is 9.38. The molecule has 0 aromatic heterocycles. The lowest BCUT2D eigenvalue weighted by Crippen LogP contribution is -2.47. The fraction of sp³-hybridized carbons (Fsp3) is 0.364. The molecule has 142 valence electrons. The molecule has 2 amide bonds. The standard InChI is InChI=1S/C22H26N2O3/c1-16(18-6-4-3-5-7-18)14-21(25)23-20-10-8-19(9-11-20)22(26)24-12-13-27-15-17(24)2/h3-11,16-17H,12-15H2,1-2H3,(H,23,25). The van der Waals surface area contributed by atoms with Crippen molar-refractivity contribution in [3.8, 4) is 0 Å². The molecule has 3 rings (SSSR count). The van der Waals surface area contributed by atoms with Gasteiger partial charge in [0.25, 0.3) is 5.91 Å². The molecule has 2 atom stereocenters. The second kappa shape index (κ2) is 8.82. The SMILES string of the molecule is CC(CC(=O)Nc1ccc(C(=O)N2CCOCC2C)cc1)c1ccccc1. The number of nitrogens with one attached hydrogen (secondary N) is 1. The minimum atomic E-state index is -0.0350. The van der Waals surface area contributed by atoms with Gasteiger partial charge in [-0.1, -0.05) is 37.3 Å². The summed E-state index contributed by atoms with van der Waals surface area (Å²) >= 11 is 0. The van der Waals surface area contributed by atoms with Crippen molar-refractivity contribution >= 4 is 17.5 Å². The zero-order chi connectivity index (χ0) is 19.2. The molecular formula is C22H26N2O3. The molecule has 0 radical (unpaired) electrons. The summed E-state index contributed by atoms with van der Waals surface area (Å²) in [5.41, 5.74) is 2.47. The van der Waals surface area contributed by atoms with Crippen molar-refractivity contribution in [1.82, 2.24) is 4.90 Å². The van der Waals surface area contributed by atoms with Crippen molar-refractivity contribution in [1.29, 1.82) is 0 Å². The average molecular weight is 366 g/mol. The highest BCUT2D eigenvalue weighted by molar-refractivity contribution is 5.96. The van der Waals surface area contributed by atoms with Crippen LogP contribution >= 0.6 is 0 Å². The number of morpholine rings is 1. The summed E-state index contributed by atoms with van der Waals surface area (Å²) in [7, 11) is 0. The zero-order valence-electron chi connectivity index (χ0n) is 15.9. The third kappa shape index (κ3) is 4.95. The Morgan fingerprint density at radius 3 is 2.52 bits per heavy atom. The van der Waals surface area contributed by atoms with E-state index in [1.54, 1.807) is 24.3 Å². The highest BCUT2D eigenvalue weighted by atomic mass is 16.5. The Hall–Kier alpha value is -2.66. The summed E-state index contributed by atoms with van der Waals surface area (Å²) in [6.45, 7) is 5.78. The van der Waals surface area contributed by atoms with Crippen LogP contribution in [0.15, 0.2) is 54.6 Å². The third-order valence-corrected chi connectivity index (χ3v) is 4.90. The van der Waals surface area contributed by atoms with Crippen molar-refractivity contribution in [2.24, 2.45) is 0 Å². The number of benzene rings is 2. The number of carbonyl (C=O) groups excluding carboxylic acids is 2. The van der Waals surface area contributed by atoms with Crippen molar-refractivity contribution in [2.75, 3.05) is 25.1 Å². The Morgan fingerprint density at radius 1 is 1.15 bits per heavy atom. The first kappa shape index (κ1) is 19.1. The van der Waals surface area contributed by atoms with Crippen LogP contribution in [0, 0.1) is 0 Å². The van der Waals surface area contributed by atoms with Gasteiger partial charge in [0.15, 0.2) is 0 Å². The second-order valence-corrected chi connectivity index (χ2v) is 7.06. The molecule has 5 nitrogen and oxygen atoms in total. The van der Waals surface area contributed by atoms with Gasteiger partial charge in [-0.3, -0.25) is 9.59 Å². The minimum absolute atomic E-state index is 0.00127. The van der Waals surface area contributed by atoms with Crippen LogP contribution < -0.4 is 5.32 Å². The molecule has 2 aromatic rings. The van der Waals surface area contributed by atoms with E-state index in [1.807, 2.05) is 49.1 Å². The molecule has 27 heavy (non-hydrogen) atoms. The molecule has 0 bridgehead atoms. The van der Waals surface area contributed by atoms with Crippen LogP contribution in [0.3, 0.4) is 0 Å². The van der Waals surface area contributed by atoms with Gasteiger partial charge in [0.1, 0.15) is 0 Å². The van der Waals surface area contributed by atoms with Gasteiger partial charge in [-0.2, -0.15) is 0 Å². The van der Waals surface area contributed by atoms with Crippen molar-refractivity contribution in [3.63, 3.8) is 0 Å². The van der Waals surface area contributed by atoms with Gasteiger partial charge < -0.3 is 15.0 Å². The van der Waals surface area contributed by atoms with Gasteiger partial charge in [-0.25, -0.2) is 0 Å². The van der Waals surface area contributed by atoms with E-state index in [0.29, 0.717) is 37.4 Å². The number of carbonyl (C=O) groups is 2. The Bertz CT molecular complexity index is 774. The van der Waals surface area contributed by atoms with Crippen LogP contribution in [0.25, 0.3) is 0 Å². The molecule has 0 saturated carbocycles. The van der Waals surface area contributed by atoms with Crippen LogP contribution in [0.5, 0.6) is 0 Å². The highest BCUT2D eigenvalue weighted by Crippen LogP contribution is 2.20. The van der Waals surface area contributed by atoms with E-state index >= 15 is 0 Å². The largest absolute Gasteiger partial charge is 0.377 e. The number of hydrogen-bond acceptors (Lipinski definition) is 3. The van der Waals surface area contributed by atoms with E-state index < -0.39 is 0 Å². The zero-order valence-corrected chi connectivity index (χ0v) is 15.9. The van der Waals surface area contributed by atoms with E-state index in [0.717, 1.165) is 5.56 Å². The van der Waals surface area contributed by atoms with Crippen LogP contribution in [-0.4, -0.2) is 42.5 Å². The van der Waals surface area contributed by atoms with Crippen LogP contribution in [-0.2, 0) is 9.53 Å². The van der Waals surface area contributed by atoms with Gasteiger partial charge in [-0.15, -0.1) is 0 Å². The second-order valence-electron chi connectivity index (χ2n) is 7.06. The highest BCUT2D eigenvalue weighted by Gasteiger charge is 2.24. The Morgan fingerprint density at radius 2 is 1.85 bits per heavy atom. The number of hydrogen-bond donors (Lipinski definition) is 1. The van der Waals surface area contributed by atoms with Gasteiger partial charge in [0.2, 0.25) is 5.91 Å². The van der Waals surface area contributed by atoms with Crippen molar-refractivity contribution in [2.45, 2.75) is 32.2 Å². The first-order valence-electron chi connectivity index (χ1n) is 9.38. The van der Waals surface area contributed by atoms with Crippen LogP contribution in [0.1, 0.15) is 42.1 Å². The fourth-order valence-corrected chi connectivity index (χ4v) is 3.28. The fourth-order valence-electron chi connectivity index (χ4n) is 3.28. The van der Waals surface area contributed by atoms with Crippen molar-refractivity contribution < 1.29 is 14.3 Å². The van der Waals surface area contributed by atoms with E-state index in [4.69, 9.17) is 4.74 Å². The van der Waals surface area contributed by atoms with E-state index in [-0.39, 0.29) is 23.8 Å². The predicted octanol–water partition coefficient (Wildman–Crippen LogP) is 3.68. The molecule has 0 spiro atoms. The topological polar surface area (TPSA) is 58.6 Å².